The number of aromatic nitrogens is 3. The summed E-state index contributed by atoms with van der Waals surface area (Å²) in [6.45, 7) is 7.06. The summed E-state index contributed by atoms with van der Waals surface area (Å²) < 4.78 is 1.80. The maximum Gasteiger partial charge on any atom is 0.153 e. The highest BCUT2D eigenvalue weighted by atomic mass is 15.3. The normalized spacial score (nSPS) is 11.1. The topological polar surface area (TPSA) is 42.7 Å². The smallest absolute Gasteiger partial charge is 0.153 e. The number of hydrogen-bond acceptors (Lipinski definition) is 3. The molecule has 0 radical (unpaired) electrons. The van der Waals surface area contributed by atoms with Gasteiger partial charge >= 0.3 is 0 Å². The van der Waals surface area contributed by atoms with Gasteiger partial charge in [0.25, 0.3) is 0 Å². The highest BCUT2D eigenvalue weighted by Gasteiger charge is 2.02. The summed E-state index contributed by atoms with van der Waals surface area (Å²) in [7, 11) is 0. The Labute approximate surface area is 102 Å². The lowest BCUT2D eigenvalue weighted by molar-refractivity contribution is 0.580. The molecule has 2 aromatic rings. The van der Waals surface area contributed by atoms with Crippen molar-refractivity contribution >= 4 is 0 Å². The van der Waals surface area contributed by atoms with Crippen molar-refractivity contribution in [3.8, 4) is 5.82 Å². The lowest BCUT2D eigenvalue weighted by atomic mass is 10.3. The zero-order valence-electron chi connectivity index (χ0n) is 10.5. The number of nitrogens with one attached hydrogen (secondary N) is 1. The van der Waals surface area contributed by atoms with Gasteiger partial charge in [0.05, 0.1) is 11.9 Å². The predicted molar refractivity (Wildman–Crippen MR) is 68.1 cm³/mol. The van der Waals surface area contributed by atoms with Gasteiger partial charge in [0.2, 0.25) is 0 Å². The van der Waals surface area contributed by atoms with Crippen molar-refractivity contribution in [2.75, 3.05) is 0 Å². The third kappa shape index (κ3) is 3.14. The maximum absolute atomic E-state index is 4.57. The Morgan fingerprint density at radius 2 is 2.18 bits per heavy atom. The van der Waals surface area contributed by atoms with Crippen LogP contribution in [0.15, 0.2) is 30.6 Å². The van der Waals surface area contributed by atoms with E-state index in [1.54, 1.807) is 4.68 Å². The van der Waals surface area contributed by atoms with E-state index in [1.807, 2.05) is 37.5 Å². The summed E-state index contributed by atoms with van der Waals surface area (Å²) in [6, 6.07) is 6.46. The van der Waals surface area contributed by atoms with Crippen LogP contribution >= 0.6 is 0 Å². The molecule has 0 saturated heterocycles. The van der Waals surface area contributed by atoms with Crippen molar-refractivity contribution in [2.24, 2.45) is 0 Å². The second kappa shape index (κ2) is 5.10. The molecule has 2 rings (SSSR count). The Morgan fingerprint density at radius 3 is 2.82 bits per heavy atom. The molecule has 1 N–H and O–H groups in total. The molecule has 17 heavy (non-hydrogen) atoms. The molecular weight excluding hydrogens is 212 g/mol. The minimum Gasteiger partial charge on any atom is -0.309 e. The molecule has 0 aliphatic heterocycles. The van der Waals surface area contributed by atoms with Crippen LogP contribution in [0.3, 0.4) is 0 Å². The average molecular weight is 230 g/mol. The summed E-state index contributed by atoms with van der Waals surface area (Å²) in [5.74, 6) is 0.862. The number of pyridine rings is 1. The quantitative estimate of drug-likeness (QED) is 0.874. The van der Waals surface area contributed by atoms with Crippen LogP contribution in [0.25, 0.3) is 5.82 Å². The molecule has 2 heterocycles. The SMILES string of the molecule is Cc1cnn(-c2cccc(CNC(C)C)n2)c1. The van der Waals surface area contributed by atoms with E-state index in [0.29, 0.717) is 6.04 Å². The van der Waals surface area contributed by atoms with E-state index >= 15 is 0 Å². The van der Waals surface area contributed by atoms with E-state index < -0.39 is 0 Å². The molecule has 0 saturated carbocycles. The van der Waals surface area contributed by atoms with Crippen molar-refractivity contribution < 1.29 is 0 Å². The second-order valence-electron chi connectivity index (χ2n) is 4.48. The number of nitrogens with zero attached hydrogens (tertiary/aromatic N) is 3. The molecule has 0 bridgehead atoms. The van der Waals surface area contributed by atoms with Gasteiger partial charge in [0.1, 0.15) is 0 Å². The van der Waals surface area contributed by atoms with Gasteiger partial charge < -0.3 is 5.32 Å². The van der Waals surface area contributed by atoms with Crippen LogP contribution in [0, 0.1) is 6.92 Å². The lowest BCUT2D eigenvalue weighted by Gasteiger charge is -2.08. The summed E-state index contributed by atoms with van der Waals surface area (Å²) in [5, 5.41) is 7.61. The van der Waals surface area contributed by atoms with Gasteiger partial charge in [-0.05, 0) is 24.6 Å². The first-order valence-electron chi connectivity index (χ1n) is 5.86. The van der Waals surface area contributed by atoms with Crippen molar-refractivity contribution in [2.45, 2.75) is 33.4 Å². The summed E-state index contributed by atoms with van der Waals surface area (Å²) in [4.78, 5) is 4.57. The summed E-state index contributed by atoms with van der Waals surface area (Å²) >= 11 is 0. The highest BCUT2D eigenvalue weighted by Crippen LogP contribution is 2.06. The van der Waals surface area contributed by atoms with E-state index in [9.17, 15) is 0 Å². The van der Waals surface area contributed by atoms with Gasteiger partial charge in [0, 0.05) is 18.8 Å². The van der Waals surface area contributed by atoms with Gasteiger partial charge in [-0.2, -0.15) is 5.10 Å². The Balaban J connectivity index is 2.16. The van der Waals surface area contributed by atoms with Crippen molar-refractivity contribution in [3.05, 3.63) is 41.9 Å². The minimum absolute atomic E-state index is 0.465. The van der Waals surface area contributed by atoms with Crippen molar-refractivity contribution in [1.29, 1.82) is 0 Å². The predicted octanol–water partition coefficient (Wildman–Crippen LogP) is 2.07. The van der Waals surface area contributed by atoms with E-state index in [1.165, 1.54) is 0 Å². The van der Waals surface area contributed by atoms with Gasteiger partial charge in [0.15, 0.2) is 5.82 Å². The lowest BCUT2D eigenvalue weighted by Crippen LogP contribution is -2.22. The first-order chi connectivity index (χ1) is 8.15. The number of hydrogen-bond donors (Lipinski definition) is 1. The van der Waals surface area contributed by atoms with Crippen molar-refractivity contribution in [1.82, 2.24) is 20.1 Å². The molecule has 0 spiro atoms. The first-order valence-corrected chi connectivity index (χ1v) is 5.86. The molecule has 4 nitrogen and oxygen atoms in total. The zero-order valence-corrected chi connectivity index (χ0v) is 10.5. The van der Waals surface area contributed by atoms with Crippen LogP contribution in [-0.4, -0.2) is 20.8 Å². The Morgan fingerprint density at radius 1 is 1.35 bits per heavy atom. The molecule has 2 aromatic heterocycles. The average Bonchev–Trinajstić information content (AvgIpc) is 2.74. The van der Waals surface area contributed by atoms with Gasteiger partial charge in [-0.3, -0.25) is 0 Å². The third-order valence-corrected chi connectivity index (χ3v) is 2.43. The number of rotatable bonds is 4. The number of aryl methyl sites for hydroxylation is 1. The molecule has 0 fully saturated rings. The van der Waals surface area contributed by atoms with E-state index in [4.69, 9.17) is 0 Å². The molecule has 0 unspecified atom stereocenters. The molecular formula is C13H18N4. The monoisotopic (exact) mass is 230 g/mol. The fraction of sp³-hybridized carbons (Fsp3) is 0.385. The van der Waals surface area contributed by atoms with Crippen LogP contribution in [0.5, 0.6) is 0 Å². The third-order valence-electron chi connectivity index (χ3n) is 2.43. The Hall–Kier alpha value is -1.68. The molecule has 0 atom stereocenters. The highest BCUT2D eigenvalue weighted by molar-refractivity contribution is 5.24. The van der Waals surface area contributed by atoms with E-state index in [0.717, 1.165) is 23.6 Å². The zero-order chi connectivity index (χ0) is 12.3. The molecule has 0 aromatic carbocycles. The van der Waals surface area contributed by atoms with Crippen LogP contribution < -0.4 is 5.32 Å². The fourth-order valence-corrected chi connectivity index (χ4v) is 1.54. The van der Waals surface area contributed by atoms with E-state index in [2.05, 4.69) is 29.2 Å². The minimum atomic E-state index is 0.465. The Bertz CT molecular complexity index is 488. The van der Waals surface area contributed by atoms with Gasteiger partial charge in [-0.1, -0.05) is 19.9 Å². The molecule has 4 heteroatoms. The summed E-state index contributed by atoms with van der Waals surface area (Å²) in [5.41, 5.74) is 2.17. The second-order valence-corrected chi connectivity index (χ2v) is 4.48. The Kier molecular flexibility index (Phi) is 3.54. The van der Waals surface area contributed by atoms with Gasteiger partial charge in [-0.15, -0.1) is 0 Å². The van der Waals surface area contributed by atoms with Crippen LogP contribution in [0.4, 0.5) is 0 Å². The van der Waals surface area contributed by atoms with Gasteiger partial charge in [-0.25, -0.2) is 9.67 Å². The fourth-order valence-electron chi connectivity index (χ4n) is 1.54. The van der Waals surface area contributed by atoms with Crippen molar-refractivity contribution in [3.63, 3.8) is 0 Å². The largest absolute Gasteiger partial charge is 0.309 e. The van der Waals surface area contributed by atoms with E-state index in [-0.39, 0.29) is 0 Å². The standard InChI is InChI=1S/C13H18N4/c1-10(2)14-8-12-5-4-6-13(16-12)17-9-11(3)7-15-17/h4-7,9-10,14H,8H2,1-3H3. The summed E-state index contributed by atoms with van der Waals surface area (Å²) in [6.07, 6.45) is 3.81. The molecule has 0 aliphatic rings. The van der Waals surface area contributed by atoms with Crippen LogP contribution in [0.2, 0.25) is 0 Å². The van der Waals surface area contributed by atoms with Crippen LogP contribution in [0.1, 0.15) is 25.1 Å². The molecule has 90 valence electrons. The first kappa shape index (κ1) is 11.8. The maximum atomic E-state index is 4.57. The van der Waals surface area contributed by atoms with Crippen LogP contribution in [-0.2, 0) is 6.54 Å². The molecule has 0 aliphatic carbocycles. The molecule has 0 amide bonds.